The first-order valence-electron chi connectivity index (χ1n) is 6.02. The summed E-state index contributed by atoms with van der Waals surface area (Å²) < 4.78 is 0. The lowest BCUT2D eigenvalue weighted by Gasteiger charge is -2.27. The Balaban J connectivity index is 2.21. The van der Waals surface area contributed by atoms with E-state index in [0.717, 1.165) is 18.1 Å². The average Bonchev–Trinajstić information content (AvgIpc) is 2.46. The number of amides is 1. The number of nitrogens with one attached hydrogen (secondary N) is 1. The van der Waals surface area contributed by atoms with E-state index in [1.807, 2.05) is 0 Å². The predicted molar refractivity (Wildman–Crippen MR) is 75.9 cm³/mol. The zero-order valence-electron chi connectivity index (χ0n) is 10.6. The third kappa shape index (κ3) is 3.08. The number of likely N-dealkylation sites (N-methyl/N-ethyl adjacent to an activating group) is 1. The first-order valence-corrected chi connectivity index (χ1v) is 7.17. The number of hydrogen-bond acceptors (Lipinski definition) is 4. The molecule has 1 heterocycles. The zero-order valence-corrected chi connectivity index (χ0v) is 11.4. The molecule has 2 rings (SSSR count). The SMILES string of the molecule is CN(C(=O)C1CSCCN1)c1ccccc1C(=O)O. The Hall–Kier alpha value is -1.53. The maximum atomic E-state index is 12.3. The van der Waals surface area contributed by atoms with Crippen molar-refractivity contribution in [1.29, 1.82) is 0 Å². The molecule has 19 heavy (non-hydrogen) atoms. The summed E-state index contributed by atoms with van der Waals surface area (Å²) in [5.74, 6) is 0.597. The third-order valence-electron chi connectivity index (χ3n) is 3.05. The van der Waals surface area contributed by atoms with Gasteiger partial charge in [0.05, 0.1) is 17.3 Å². The highest BCUT2D eigenvalue weighted by Gasteiger charge is 2.26. The summed E-state index contributed by atoms with van der Waals surface area (Å²) in [5.41, 5.74) is 0.569. The van der Waals surface area contributed by atoms with Gasteiger partial charge in [-0.25, -0.2) is 4.79 Å². The van der Waals surface area contributed by atoms with Gasteiger partial charge in [0.25, 0.3) is 0 Å². The fourth-order valence-corrected chi connectivity index (χ4v) is 2.95. The molecule has 0 radical (unpaired) electrons. The maximum absolute atomic E-state index is 12.3. The van der Waals surface area contributed by atoms with E-state index in [-0.39, 0.29) is 17.5 Å². The van der Waals surface area contributed by atoms with E-state index in [2.05, 4.69) is 5.32 Å². The number of thioether (sulfide) groups is 1. The molecule has 102 valence electrons. The molecule has 1 saturated heterocycles. The Bertz CT molecular complexity index is 487. The minimum atomic E-state index is -1.03. The van der Waals surface area contributed by atoms with Gasteiger partial charge in [0.1, 0.15) is 0 Å². The smallest absolute Gasteiger partial charge is 0.337 e. The van der Waals surface area contributed by atoms with Crippen LogP contribution >= 0.6 is 11.8 Å². The van der Waals surface area contributed by atoms with E-state index in [0.29, 0.717) is 5.69 Å². The first kappa shape index (κ1) is 13.9. The van der Waals surface area contributed by atoms with Gasteiger partial charge >= 0.3 is 5.97 Å². The highest BCUT2D eigenvalue weighted by Crippen LogP contribution is 2.21. The van der Waals surface area contributed by atoms with E-state index < -0.39 is 5.97 Å². The van der Waals surface area contributed by atoms with Crippen molar-refractivity contribution in [2.75, 3.05) is 30.0 Å². The molecule has 6 heteroatoms. The topological polar surface area (TPSA) is 69.6 Å². The number of carbonyl (C=O) groups is 2. The Morgan fingerprint density at radius 3 is 2.79 bits per heavy atom. The molecule has 1 unspecified atom stereocenters. The number of carbonyl (C=O) groups excluding carboxylic acids is 1. The van der Waals surface area contributed by atoms with Crippen molar-refractivity contribution in [1.82, 2.24) is 5.32 Å². The molecular weight excluding hydrogens is 264 g/mol. The number of carboxylic acids is 1. The van der Waals surface area contributed by atoms with Crippen LogP contribution in [-0.2, 0) is 4.79 Å². The molecule has 1 aromatic carbocycles. The van der Waals surface area contributed by atoms with E-state index >= 15 is 0 Å². The van der Waals surface area contributed by atoms with E-state index in [9.17, 15) is 9.59 Å². The minimum Gasteiger partial charge on any atom is -0.478 e. The number of anilines is 1. The van der Waals surface area contributed by atoms with Gasteiger partial charge in [0.2, 0.25) is 5.91 Å². The number of benzene rings is 1. The number of para-hydroxylation sites is 1. The van der Waals surface area contributed by atoms with Crippen molar-refractivity contribution in [2.24, 2.45) is 0 Å². The second-order valence-corrected chi connectivity index (χ2v) is 5.45. The van der Waals surface area contributed by atoms with E-state index in [1.54, 1.807) is 37.0 Å². The molecule has 1 aliphatic heterocycles. The molecule has 0 aliphatic carbocycles. The summed E-state index contributed by atoms with van der Waals surface area (Å²) in [5, 5.41) is 12.3. The van der Waals surface area contributed by atoms with Crippen molar-refractivity contribution < 1.29 is 14.7 Å². The van der Waals surface area contributed by atoms with Crippen LogP contribution in [0.2, 0.25) is 0 Å². The number of hydrogen-bond donors (Lipinski definition) is 2. The zero-order chi connectivity index (χ0) is 13.8. The summed E-state index contributed by atoms with van der Waals surface area (Å²) in [4.78, 5) is 24.9. The lowest BCUT2D eigenvalue weighted by molar-refractivity contribution is -0.119. The van der Waals surface area contributed by atoms with Gasteiger partial charge in [-0.3, -0.25) is 4.79 Å². The molecule has 5 nitrogen and oxygen atoms in total. The van der Waals surface area contributed by atoms with Gasteiger partial charge in [0, 0.05) is 25.1 Å². The average molecular weight is 280 g/mol. The van der Waals surface area contributed by atoms with Gasteiger partial charge in [-0.2, -0.15) is 11.8 Å². The number of carboxylic acid groups (broad SMARTS) is 1. The van der Waals surface area contributed by atoms with Crippen molar-refractivity contribution in [3.05, 3.63) is 29.8 Å². The molecule has 0 saturated carbocycles. The molecule has 2 N–H and O–H groups in total. The van der Waals surface area contributed by atoms with Crippen molar-refractivity contribution in [3.63, 3.8) is 0 Å². The quantitative estimate of drug-likeness (QED) is 0.866. The molecular formula is C13H16N2O3S. The van der Waals surface area contributed by atoms with Crippen LogP contribution in [0, 0.1) is 0 Å². The number of rotatable bonds is 3. The molecule has 1 amide bonds. The van der Waals surface area contributed by atoms with Crippen LogP contribution in [-0.4, -0.2) is 48.1 Å². The predicted octanol–water partition coefficient (Wildman–Crippen LogP) is 1.05. The summed E-state index contributed by atoms with van der Waals surface area (Å²) in [6.07, 6.45) is 0. The second-order valence-electron chi connectivity index (χ2n) is 4.30. The lowest BCUT2D eigenvalue weighted by Crippen LogP contribution is -2.49. The summed E-state index contributed by atoms with van der Waals surface area (Å²) in [6.45, 7) is 0.801. The molecule has 0 aromatic heterocycles. The molecule has 0 bridgehead atoms. The summed E-state index contributed by atoms with van der Waals surface area (Å²) >= 11 is 1.73. The van der Waals surface area contributed by atoms with Gasteiger partial charge in [0.15, 0.2) is 0 Å². The number of nitrogens with zero attached hydrogens (tertiary/aromatic N) is 1. The van der Waals surface area contributed by atoms with Gasteiger partial charge < -0.3 is 15.3 Å². The fraction of sp³-hybridized carbons (Fsp3) is 0.385. The standard InChI is InChI=1S/C13H16N2O3S/c1-15(12(16)10-8-19-7-6-14-10)11-5-3-2-4-9(11)13(17)18/h2-5,10,14H,6-8H2,1H3,(H,17,18). The monoisotopic (exact) mass is 280 g/mol. The molecule has 1 fully saturated rings. The van der Waals surface area contributed by atoms with E-state index in [1.165, 1.54) is 11.0 Å². The van der Waals surface area contributed by atoms with Crippen LogP contribution in [0.25, 0.3) is 0 Å². The third-order valence-corrected chi connectivity index (χ3v) is 4.11. The minimum absolute atomic E-state index is 0.0964. The molecule has 1 aromatic rings. The normalized spacial score (nSPS) is 18.9. The van der Waals surface area contributed by atoms with Gasteiger partial charge in [-0.05, 0) is 12.1 Å². The highest BCUT2D eigenvalue weighted by molar-refractivity contribution is 7.99. The molecule has 1 atom stereocenters. The summed E-state index contributed by atoms with van der Waals surface area (Å²) in [7, 11) is 1.62. The number of aromatic carboxylic acids is 1. The second kappa shape index (κ2) is 6.08. The van der Waals surface area contributed by atoms with Crippen molar-refractivity contribution >= 4 is 29.3 Å². The Morgan fingerprint density at radius 2 is 2.16 bits per heavy atom. The summed E-state index contributed by atoms with van der Waals surface area (Å²) in [6, 6.07) is 6.29. The first-order chi connectivity index (χ1) is 9.11. The molecule has 0 spiro atoms. The Morgan fingerprint density at radius 1 is 1.42 bits per heavy atom. The van der Waals surface area contributed by atoms with Gasteiger partial charge in [-0.15, -0.1) is 0 Å². The highest BCUT2D eigenvalue weighted by atomic mass is 32.2. The Labute approximate surface area is 116 Å². The maximum Gasteiger partial charge on any atom is 0.337 e. The largest absolute Gasteiger partial charge is 0.478 e. The van der Waals surface area contributed by atoms with Crippen molar-refractivity contribution in [2.45, 2.75) is 6.04 Å². The lowest BCUT2D eigenvalue weighted by atomic mass is 10.1. The molecule has 1 aliphatic rings. The van der Waals surface area contributed by atoms with Crippen molar-refractivity contribution in [3.8, 4) is 0 Å². The van der Waals surface area contributed by atoms with Crippen LogP contribution in [0.4, 0.5) is 5.69 Å². The van der Waals surface area contributed by atoms with Crippen LogP contribution in [0.3, 0.4) is 0 Å². The van der Waals surface area contributed by atoms with Crippen LogP contribution in [0.15, 0.2) is 24.3 Å². The van der Waals surface area contributed by atoms with Gasteiger partial charge in [-0.1, -0.05) is 12.1 Å². The van der Waals surface area contributed by atoms with Crippen LogP contribution < -0.4 is 10.2 Å². The van der Waals surface area contributed by atoms with E-state index in [4.69, 9.17) is 5.11 Å². The fourth-order valence-electron chi connectivity index (χ4n) is 2.02. The Kier molecular flexibility index (Phi) is 4.44. The van der Waals surface area contributed by atoms with Crippen LogP contribution in [0.1, 0.15) is 10.4 Å². The van der Waals surface area contributed by atoms with Crippen LogP contribution in [0.5, 0.6) is 0 Å².